The second kappa shape index (κ2) is 8.71. The van der Waals surface area contributed by atoms with Gasteiger partial charge in [-0.2, -0.15) is 23.5 Å². The van der Waals surface area contributed by atoms with E-state index >= 15 is 0 Å². The smallest absolute Gasteiger partial charge is 0.339 e. The molecular weight excluding hydrogens is 448 g/mol. The third-order valence-electron chi connectivity index (χ3n) is 4.64. The van der Waals surface area contributed by atoms with Crippen molar-refractivity contribution in [2.75, 3.05) is 0 Å². The number of rotatable bonds is 6. The molecule has 0 saturated carbocycles. The van der Waals surface area contributed by atoms with E-state index in [1.807, 2.05) is 13.8 Å². The number of nitrogens with one attached hydrogen (secondary N) is 1. The lowest BCUT2D eigenvalue weighted by Crippen LogP contribution is -2.35. The highest BCUT2D eigenvalue weighted by Crippen LogP contribution is 2.30. The van der Waals surface area contributed by atoms with Gasteiger partial charge in [-0.25, -0.2) is 0 Å². The molecule has 2 aromatic rings. The number of amidine groups is 2. The zero-order chi connectivity index (χ0) is 22.9. The number of aliphatic imine (C=N–C) groups is 1. The zero-order valence-corrected chi connectivity index (χ0v) is 19.0. The number of hydrazone groups is 1. The number of carbonyl (C=O) groups is 1. The summed E-state index contributed by atoms with van der Waals surface area (Å²) >= 11 is 1.29. The summed E-state index contributed by atoms with van der Waals surface area (Å²) in [5.74, 6) is -0.517. The number of benzene rings is 2. The minimum Gasteiger partial charge on any atom is -0.379 e. The van der Waals surface area contributed by atoms with Crippen LogP contribution >= 0.6 is 11.8 Å². The summed E-state index contributed by atoms with van der Waals surface area (Å²) < 4.78 is 30.4. The fraction of sp³-hybridized carbons (Fsp3) is 0.182. The Hall–Kier alpha value is -3.24. The van der Waals surface area contributed by atoms with E-state index in [1.165, 1.54) is 47.1 Å². The van der Waals surface area contributed by atoms with Crippen LogP contribution in [0.15, 0.2) is 69.1 Å². The summed E-state index contributed by atoms with van der Waals surface area (Å²) in [6.45, 7) is 3.89. The Balaban J connectivity index is 1.59. The number of nitrogens with zero attached hydrogens (tertiary/aromatic N) is 3. The first kappa shape index (κ1) is 22.0. The molecule has 2 aliphatic heterocycles. The van der Waals surface area contributed by atoms with Crippen LogP contribution in [0.3, 0.4) is 0 Å². The maximum absolute atomic E-state index is 12.6. The minimum absolute atomic E-state index is 0.0465. The molecule has 0 aliphatic carbocycles. The largest absolute Gasteiger partial charge is 0.379 e. The van der Waals surface area contributed by atoms with Crippen LogP contribution in [0.2, 0.25) is 0 Å². The summed E-state index contributed by atoms with van der Waals surface area (Å²) in [4.78, 5) is 16.6. The summed E-state index contributed by atoms with van der Waals surface area (Å²) in [6, 6.07) is 12.6. The van der Waals surface area contributed by atoms with Gasteiger partial charge in [0.1, 0.15) is 15.7 Å². The summed E-state index contributed by atoms with van der Waals surface area (Å²) in [6.07, 6.45) is 3.12. The second-order valence-electron chi connectivity index (χ2n) is 7.19. The van der Waals surface area contributed by atoms with Crippen molar-refractivity contribution in [2.24, 2.45) is 10.1 Å². The van der Waals surface area contributed by atoms with Crippen LogP contribution in [-0.2, 0) is 14.9 Å². The van der Waals surface area contributed by atoms with E-state index in [0.717, 1.165) is 23.4 Å². The summed E-state index contributed by atoms with van der Waals surface area (Å²) in [5.41, 5.74) is 1.50. The Kier molecular flexibility index (Phi) is 5.98. The SMILES string of the molecule is CCCC1=NN2C(=N)/C(=C\c3cccc(OS(=O)(=O)c4ccc(C)cc4)c3)C(=O)N=C2S1. The Labute approximate surface area is 190 Å². The molecule has 8 nitrogen and oxygen atoms in total. The van der Waals surface area contributed by atoms with Gasteiger partial charge in [-0.15, -0.1) is 0 Å². The average molecular weight is 469 g/mol. The highest BCUT2D eigenvalue weighted by Gasteiger charge is 2.35. The molecule has 2 aromatic carbocycles. The normalized spacial score (nSPS) is 17.3. The molecule has 1 amide bonds. The van der Waals surface area contributed by atoms with E-state index in [4.69, 9.17) is 9.59 Å². The lowest BCUT2D eigenvalue weighted by Gasteiger charge is -2.20. The fourth-order valence-corrected chi connectivity index (χ4v) is 4.96. The molecule has 0 atom stereocenters. The van der Waals surface area contributed by atoms with Gasteiger partial charge in [0.2, 0.25) is 5.17 Å². The van der Waals surface area contributed by atoms with Crippen LogP contribution in [0, 0.1) is 12.3 Å². The maximum atomic E-state index is 12.6. The molecule has 2 aliphatic rings. The van der Waals surface area contributed by atoms with E-state index in [2.05, 4.69) is 10.1 Å². The average Bonchev–Trinajstić information content (AvgIpc) is 3.14. The number of thioether (sulfide) groups is 1. The first-order chi connectivity index (χ1) is 15.3. The van der Waals surface area contributed by atoms with Crippen LogP contribution in [0.4, 0.5) is 0 Å². The molecule has 32 heavy (non-hydrogen) atoms. The highest BCUT2D eigenvalue weighted by atomic mass is 32.2. The van der Waals surface area contributed by atoms with Gasteiger partial charge < -0.3 is 4.18 Å². The van der Waals surface area contributed by atoms with Crippen LogP contribution in [-0.4, -0.2) is 35.4 Å². The topological polar surface area (TPSA) is 112 Å². The van der Waals surface area contributed by atoms with Gasteiger partial charge >= 0.3 is 10.1 Å². The van der Waals surface area contributed by atoms with E-state index in [1.54, 1.807) is 24.3 Å². The van der Waals surface area contributed by atoms with Crippen molar-refractivity contribution in [1.82, 2.24) is 5.01 Å². The molecule has 2 heterocycles. The van der Waals surface area contributed by atoms with Gasteiger partial charge in [0, 0.05) is 0 Å². The van der Waals surface area contributed by atoms with E-state index in [9.17, 15) is 13.2 Å². The molecule has 0 fully saturated rings. The van der Waals surface area contributed by atoms with Crippen molar-refractivity contribution in [3.8, 4) is 5.75 Å². The van der Waals surface area contributed by atoms with Gasteiger partial charge in [0.05, 0.1) is 5.57 Å². The maximum Gasteiger partial charge on any atom is 0.339 e. The molecule has 4 rings (SSSR count). The van der Waals surface area contributed by atoms with Crippen molar-refractivity contribution in [1.29, 1.82) is 5.41 Å². The molecule has 0 spiro atoms. The molecular formula is C22H20N4O4S2. The molecule has 0 unspecified atom stereocenters. The number of hydrogen-bond donors (Lipinski definition) is 1. The molecule has 0 aromatic heterocycles. The standard InChI is InChI=1S/C22H20N4O4S2/c1-3-5-19-25-26-20(23)18(21(27)24-22(26)31-19)13-15-6-4-7-16(12-15)30-32(28,29)17-10-8-14(2)9-11-17/h4,6-13,23H,3,5H2,1-2H3/b18-13+,23-20?. The lowest BCUT2D eigenvalue weighted by molar-refractivity contribution is -0.114. The Morgan fingerprint density at radius 2 is 1.94 bits per heavy atom. The Morgan fingerprint density at radius 1 is 1.19 bits per heavy atom. The molecule has 1 N–H and O–H groups in total. The molecule has 164 valence electrons. The van der Waals surface area contributed by atoms with Gasteiger partial charge in [0.25, 0.3) is 5.91 Å². The molecule has 0 saturated heterocycles. The monoisotopic (exact) mass is 468 g/mol. The van der Waals surface area contributed by atoms with Crippen molar-refractivity contribution in [2.45, 2.75) is 31.6 Å². The third kappa shape index (κ3) is 4.51. The van der Waals surface area contributed by atoms with Crippen LogP contribution < -0.4 is 4.18 Å². The quantitative estimate of drug-likeness (QED) is 0.503. The minimum atomic E-state index is -4.01. The van der Waals surface area contributed by atoms with Crippen LogP contribution in [0.25, 0.3) is 6.08 Å². The highest BCUT2D eigenvalue weighted by molar-refractivity contribution is 8.26. The summed E-state index contributed by atoms with van der Waals surface area (Å²) in [7, 11) is -4.01. The zero-order valence-electron chi connectivity index (χ0n) is 17.4. The van der Waals surface area contributed by atoms with E-state index in [0.29, 0.717) is 10.7 Å². The Bertz CT molecular complexity index is 1300. The van der Waals surface area contributed by atoms with Gasteiger partial charge in [-0.05, 0) is 67.4 Å². The predicted octanol–water partition coefficient (Wildman–Crippen LogP) is 4.18. The van der Waals surface area contributed by atoms with E-state index < -0.39 is 16.0 Å². The second-order valence-corrected chi connectivity index (χ2v) is 9.77. The van der Waals surface area contributed by atoms with Crippen molar-refractivity contribution in [3.05, 3.63) is 65.2 Å². The van der Waals surface area contributed by atoms with Crippen molar-refractivity contribution < 1.29 is 17.4 Å². The molecule has 0 bridgehead atoms. The Morgan fingerprint density at radius 3 is 2.66 bits per heavy atom. The predicted molar refractivity (Wildman–Crippen MR) is 125 cm³/mol. The number of amides is 1. The molecule has 0 radical (unpaired) electrons. The van der Waals surface area contributed by atoms with Crippen molar-refractivity contribution >= 4 is 49.9 Å². The molecule has 10 heteroatoms. The lowest BCUT2D eigenvalue weighted by atomic mass is 10.1. The van der Waals surface area contributed by atoms with Crippen LogP contribution in [0.1, 0.15) is 30.9 Å². The van der Waals surface area contributed by atoms with Gasteiger partial charge in [-0.1, -0.05) is 36.8 Å². The van der Waals surface area contributed by atoms with Crippen molar-refractivity contribution in [3.63, 3.8) is 0 Å². The summed E-state index contributed by atoms with van der Waals surface area (Å²) in [5, 5.41) is 15.3. The number of hydrogen-bond acceptors (Lipinski definition) is 7. The van der Waals surface area contributed by atoms with Crippen LogP contribution in [0.5, 0.6) is 5.75 Å². The fourth-order valence-electron chi connectivity index (χ4n) is 3.05. The number of aryl methyl sites for hydroxylation is 1. The van der Waals surface area contributed by atoms with Gasteiger partial charge in [0.15, 0.2) is 5.84 Å². The van der Waals surface area contributed by atoms with Gasteiger partial charge in [-0.3, -0.25) is 10.2 Å². The number of fused-ring (bicyclic) bond motifs is 1. The first-order valence-corrected chi connectivity index (χ1v) is 12.1. The first-order valence-electron chi connectivity index (χ1n) is 9.87. The third-order valence-corrected chi connectivity index (χ3v) is 6.87. The van der Waals surface area contributed by atoms with E-state index in [-0.39, 0.29) is 22.1 Å². The number of carbonyl (C=O) groups excluding carboxylic acids is 1.